The summed E-state index contributed by atoms with van der Waals surface area (Å²) in [5.74, 6) is 0.696. The number of aromatic amines is 1. The van der Waals surface area contributed by atoms with E-state index in [0.717, 1.165) is 37.2 Å². The van der Waals surface area contributed by atoms with Gasteiger partial charge in [0.25, 0.3) is 5.56 Å². The van der Waals surface area contributed by atoms with Gasteiger partial charge in [-0.2, -0.15) is 0 Å². The van der Waals surface area contributed by atoms with Crippen LogP contribution in [-0.2, 0) is 0 Å². The maximum atomic E-state index is 12.1. The third kappa shape index (κ3) is 2.51. The maximum absolute atomic E-state index is 12.1. The summed E-state index contributed by atoms with van der Waals surface area (Å²) in [6, 6.07) is 9.86. The number of aromatic nitrogens is 2. The van der Waals surface area contributed by atoms with E-state index in [4.69, 9.17) is 0 Å². The molecule has 1 N–H and O–H groups in total. The van der Waals surface area contributed by atoms with Gasteiger partial charge in [-0.05, 0) is 35.4 Å². The van der Waals surface area contributed by atoms with Crippen molar-refractivity contribution in [2.24, 2.45) is 0 Å². The van der Waals surface area contributed by atoms with Crippen LogP contribution in [-0.4, -0.2) is 23.1 Å². The van der Waals surface area contributed by atoms with E-state index in [9.17, 15) is 4.79 Å². The minimum atomic E-state index is -0.0589. The van der Waals surface area contributed by atoms with Gasteiger partial charge in [0.05, 0.1) is 5.69 Å². The van der Waals surface area contributed by atoms with Gasteiger partial charge in [0.15, 0.2) is 0 Å². The molecule has 3 rings (SSSR count). The number of hydrogen-bond acceptors (Lipinski definition) is 3. The van der Waals surface area contributed by atoms with Crippen LogP contribution in [0.4, 0.5) is 5.95 Å². The average Bonchev–Trinajstić information content (AvgIpc) is 2.97. The van der Waals surface area contributed by atoms with Crippen LogP contribution >= 0.6 is 22.6 Å². The van der Waals surface area contributed by atoms with Gasteiger partial charge in [-0.25, -0.2) is 4.98 Å². The van der Waals surface area contributed by atoms with E-state index in [1.165, 1.54) is 0 Å². The largest absolute Gasteiger partial charge is 0.342 e. The van der Waals surface area contributed by atoms with Crippen LogP contribution in [0.15, 0.2) is 35.1 Å². The minimum Gasteiger partial charge on any atom is -0.342 e. The van der Waals surface area contributed by atoms with Crippen molar-refractivity contribution in [3.63, 3.8) is 0 Å². The molecule has 2 aromatic rings. The number of rotatable bonds is 2. The molecule has 0 unspecified atom stereocenters. The molecule has 19 heavy (non-hydrogen) atoms. The third-order valence-corrected chi connectivity index (χ3v) is 4.30. The monoisotopic (exact) mass is 367 g/mol. The van der Waals surface area contributed by atoms with Gasteiger partial charge < -0.3 is 4.90 Å². The Labute approximate surface area is 125 Å². The Balaban J connectivity index is 2.11. The first-order chi connectivity index (χ1) is 9.25. The topological polar surface area (TPSA) is 49.0 Å². The van der Waals surface area contributed by atoms with Crippen molar-refractivity contribution in [1.29, 1.82) is 0 Å². The second-order valence-corrected chi connectivity index (χ2v) is 5.69. The standard InChI is InChI=1S/C14H14IN3O/c15-11-12(10-6-2-1-3-7-10)16-14(17-13(11)19)18-8-4-5-9-18/h1-3,6-7H,4-5,8-9H2,(H,16,17,19). The zero-order valence-electron chi connectivity index (χ0n) is 10.4. The fourth-order valence-corrected chi connectivity index (χ4v) is 2.88. The van der Waals surface area contributed by atoms with Crippen LogP contribution in [0.1, 0.15) is 12.8 Å². The molecular weight excluding hydrogens is 353 g/mol. The van der Waals surface area contributed by atoms with Crippen LogP contribution in [0.2, 0.25) is 0 Å². The molecule has 0 amide bonds. The Morgan fingerprint density at radius 2 is 1.84 bits per heavy atom. The molecule has 1 aliphatic heterocycles. The summed E-state index contributed by atoms with van der Waals surface area (Å²) < 4.78 is 0.645. The summed E-state index contributed by atoms with van der Waals surface area (Å²) in [5, 5.41) is 0. The van der Waals surface area contributed by atoms with Crippen LogP contribution in [0.3, 0.4) is 0 Å². The van der Waals surface area contributed by atoms with E-state index in [2.05, 4.69) is 37.5 Å². The lowest BCUT2D eigenvalue weighted by Gasteiger charge is -2.17. The molecule has 0 atom stereocenters. The van der Waals surface area contributed by atoms with Gasteiger partial charge in [-0.1, -0.05) is 30.3 Å². The molecule has 0 spiro atoms. The predicted molar refractivity (Wildman–Crippen MR) is 84.5 cm³/mol. The van der Waals surface area contributed by atoms with Gasteiger partial charge in [0, 0.05) is 18.7 Å². The molecular formula is C14H14IN3O. The normalized spacial score (nSPS) is 14.9. The van der Waals surface area contributed by atoms with Crippen molar-refractivity contribution < 1.29 is 0 Å². The van der Waals surface area contributed by atoms with Crippen molar-refractivity contribution in [3.05, 3.63) is 44.3 Å². The molecule has 98 valence electrons. The molecule has 5 heteroatoms. The van der Waals surface area contributed by atoms with Gasteiger partial charge in [-0.3, -0.25) is 9.78 Å². The molecule has 0 aliphatic carbocycles. The van der Waals surface area contributed by atoms with Crippen molar-refractivity contribution in [1.82, 2.24) is 9.97 Å². The number of H-pyrrole nitrogens is 1. The second kappa shape index (κ2) is 5.32. The molecule has 1 aromatic heterocycles. The number of hydrogen-bond donors (Lipinski definition) is 1. The van der Waals surface area contributed by atoms with Crippen molar-refractivity contribution in [2.75, 3.05) is 18.0 Å². The van der Waals surface area contributed by atoms with Gasteiger partial charge >= 0.3 is 0 Å². The Morgan fingerprint density at radius 1 is 1.16 bits per heavy atom. The molecule has 1 aromatic carbocycles. The number of nitrogens with zero attached hydrogens (tertiary/aromatic N) is 2. The predicted octanol–water partition coefficient (Wildman–Crippen LogP) is 2.64. The quantitative estimate of drug-likeness (QED) is 0.831. The molecule has 1 aliphatic rings. The van der Waals surface area contributed by atoms with Gasteiger partial charge in [0.2, 0.25) is 5.95 Å². The summed E-state index contributed by atoms with van der Waals surface area (Å²) >= 11 is 2.06. The second-order valence-electron chi connectivity index (χ2n) is 4.61. The lowest BCUT2D eigenvalue weighted by Crippen LogP contribution is -2.25. The number of anilines is 1. The summed E-state index contributed by atoms with van der Waals surface area (Å²) in [6.45, 7) is 1.94. The van der Waals surface area contributed by atoms with Gasteiger partial charge in [-0.15, -0.1) is 0 Å². The van der Waals surface area contributed by atoms with Crippen molar-refractivity contribution in [3.8, 4) is 11.3 Å². The average molecular weight is 367 g/mol. The SMILES string of the molecule is O=c1[nH]c(N2CCCC2)nc(-c2ccccc2)c1I. The molecule has 0 bridgehead atoms. The molecule has 0 saturated carbocycles. The highest BCUT2D eigenvalue weighted by Crippen LogP contribution is 2.23. The lowest BCUT2D eigenvalue weighted by molar-refractivity contribution is 0.888. The zero-order valence-corrected chi connectivity index (χ0v) is 12.6. The molecule has 4 nitrogen and oxygen atoms in total. The summed E-state index contributed by atoms with van der Waals surface area (Å²) in [5.41, 5.74) is 1.70. The first-order valence-electron chi connectivity index (χ1n) is 6.36. The first-order valence-corrected chi connectivity index (χ1v) is 7.44. The van der Waals surface area contributed by atoms with Crippen LogP contribution in [0.5, 0.6) is 0 Å². The Bertz CT molecular complexity index is 633. The van der Waals surface area contributed by atoms with Crippen molar-refractivity contribution in [2.45, 2.75) is 12.8 Å². The lowest BCUT2D eigenvalue weighted by atomic mass is 10.1. The Kier molecular flexibility index (Phi) is 3.54. The van der Waals surface area contributed by atoms with E-state index in [1.807, 2.05) is 30.3 Å². The van der Waals surface area contributed by atoms with Crippen LogP contribution in [0.25, 0.3) is 11.3 Å². The van der Waals surface area contributed by atoms with Crippen LogP contribution < -0.4 is 10.5 Å². The summed E-state index contributed by atoms with van der Waals surface area (Å²) in [7, 11) is 0. The first kappa shape index (κ1) is 12.7. The number of halogens is 1. The number of nitrogens with one attached hydrogen (secondary N) is 1. The van der Waals surface area contributed by atoms with Gasteiger partial charge in [0.1, 0.15) is 3.57 Å². The summed E-state index contributed by atoms with van der Waals surface area (Å²) in [6.07, 6.45) is 2.33. The maximum Gasteiger partial charge on any atom is 0.266 e. The Morgan fingerprint density at radius 3 is 2.53 bits per heavy atom. The molecule has 1 saturated heterocycles. The van der Waals surface area contributed by atoms with E-state index < -0.39 is 0 Å². The fraction of sp³-hybridized carbons (Fsp3) is 0.286. The highest BCUT2D eigenvalue weighted by atomic mass is 127. The van der Waals surface area contributed by atoms with Crippen molar-refractivity contribution >= 4 is 28.5 Å². The smallest absolute Gasteiger partial charge is 0.266 e. The van der Waals surface area contributed by atoms with Crippen LogP contribution in [0, 0.1) is 3.57 Å². The number of benzene rings is 1. The minimum absolute atomic E-state index is 0.0589. The van der Waals surface area contributed by atoms with E-state index in [-0.39, 0.29) is 5.56 Å². The third-order valence-electron chi connectivity index (χ3n) is 3.30. The summed E-state index contributed by atoms with van der Waals surface area (Å²) in [4.78, 5) is 21.7. The van der Waals surface area contributed by atoms with E-state index in [0.29, 0.717) is 9.52 Å². The van der Waals surface area contributed by atoms with E-state index in [1.54, 1.807) is 0 Å². The Hall–Kier alpha value is -1.37. The fourth-order valence-electron chi connectivity index (χ4n) is 2.31. The zero-order chi connectivity index (χ0) is 13.2. The highest BCUT2D eigenvalue weighted by molar-refractivity contribution is 14.1. The molecule has 0 radical (unpaired) electrons. The van der Waals surface area contributed by atoms with E-state index >= 15 is 0 Å². The highest BCUT2D eigenvalue weighted by Gasteiger charge is 2.17. The molecule has 2 heterocycles. The molecule has 1 fully saturated rings.